The smallest absolute Gasteiger partial charge is 0.137 e. The predicted molar refractivity (Wildman–Crippen MR) is 305 cm³/mol. The van der Waals surface area contributed by atoms with Crippen LogP contribution in [0.25, 0.3) is 0 Å². The van der Waals surface area contributed by atoms with Gasteiger partial charge >= 0.3 is 0 Å². The Kier molecular flexibility index (Phi) is 40.6. The maximum absolute atomic E-state index is 3.98. The van der Waals surface area contributed by atoms with Crippen LogP contribution in [0, 0.1) is 69.2 Å². The van der Waals surface area contributed by atoms with Crippen LogP contribution in [0.4, 0.5) is 0 Å². The third-order valence-corrected chi connectivity index (χ3v) is 8.10. The van der Waals surface area contributed by atoms with Crippen molar-refractivity contribution in [1.29, 1.82) is 0 Å². The fourth-order valence-electron chi connectivity index (χ4n) is 4.13. The Morgan fingerprint density at radius 1 is 0.293 bits per heavy atom. The molecule has 0 N–H and O–H groups in total. The van der Waals surface area contributed by atoms with E-state index in [2.05, 4.69) is 132 Å². The van der Waals surface area contributed by atoms with Crippen molar-refractivity contribution in [2.45, 2.75) is 69.2 Å². The Labute approximate surface area is 477 Å². The second-order valence-corrected chi connectivity index (χ2v) is 15.7. The van der Waals surface area contributed by atoms with Crippen LogP contribution < -0.4 is 0 Å². The van der Waals surface area contributed by atoms with Gasteiger partial charge in [0.05, 0.1) is 31.3 Å². The molecule has 12 aromatic rings. The number of tetrazole rings is 1. The summed E-state index contributed by atoms with van der Waals surface area (Å²) in [4.78, 5) is 47.0. The highest BCUT2D eigenvalue weighted by molar-refractivity contribution is 5.06. The Balaban J connectivity index is 0.000000447. The van der Waals surface area contributed by atoms with E-state index in [1.165, 1.54) is 52.2 Å². The van der Waals surface area contributed by atoms with E-state index in [1.807, 2.05) is 142 Å². The van der Waals surface area contributed by atoms with E-state index >= 15 is 0 Å². The Morgan fingerprint density at radius 3 is 1.12 bits per heavy atom. The van der Waals surface area contributed by atoms with Crippen LogP contribution in [0.5, 0.6) is 0 Å². The number of aromatic nitrogens is 28. The van der Waals surface area contributed by atoms with Crippen molar-refractivity contribution in [3.05, 3.63) is 254 Å². The summed E-state index contributed by atoms with van der Waals surface area (Å²) >= 11 is 0. The van der Waals surface area contributed by atoms with Crippen LogP contribution in [-0.2, 0) is 14.1 Å². The van der Waals surface area contributed by atoms with Gasteiger partial charge in [0.1, 0.15) is 43.3 Å². The molecule has 0 aliphatic carbocycles. The number of aryl methyl sites for hydroxylation is 12. The monoisotopic (exact) mass is 1110 g/mol. The van der Waals surface area contributed by atoms with Gasteiger partial charge in [-0.05, 0) is 194 Å². The molecule has 0 aromatic carbocycles. The molecule has 0 spiro atoms. The molecule has 12 rings (SSSR count). The lowest BCUT2D eigenvalue weighted by Crippen LogP contribution is -1.91. The molecule has 0 aliphatic heterocycles. The van der Waals surface area contributed by atoms with Gasteiger partial charge in [-0.1, -0.05) is 12.1 Å². The van der Waals surface area contributed by atoms with Crippen molar-refractivity contribution >= 4 is 0 Å². The summed E-state index contributed by atoms with van der Waals surface area (Å²) in [5, 5.41) is 48.2. The van der Waals surface area contributed by atoms with E-state index in [-0.39, 0.29) is 0 Å². The third kappa shape index (κ3) is 46.3. The number of hydrogen-bond acceptors (Lipinski definition) is 26. The van der Waals surface area contributed by atoms with Gasteiger partial charge in [-0.2, -0.15) is 20.4 Å². The fraction of sp³-hybridized carbons (Fsp3) is 0.222. The van der Waals surface area contributed by atoms with Gasteiger partial charge in [-0.15, -0.1) is 20.1 Å². The van der Waals surface area contributed by atoms with Gasteiger partial charge in [0.15, 0.2) is 0 Å². The lowest BCUT2D eigenvalue weighted by molar-refractivity contribution is 0.622. The van der Waals surface area contributed by atoms with Crippen LogP contribution in [0.2, 0.25) is 0 Å². The molecule has 0 bridgehead atoms. The molecule has 0 radical (unpaired) electrons. The van der Waals surface area contributed by atoms with E-state index in [1.54, 1.807) is 107 Å². The average molecular weight is 1110 g/mol. The van der Waals surface area contributed by atoms with Crippen molar-refractivity contribution in [3.8, 4) is 0 Å². The number of pyridine rings is 3. The zero-order valence-corrected chi connectivity index (χ0v) is 48.0. The molecule has 0 aliphatic rings. The Morgan fingerprint density at radius 2 is 0.854 bits per heavy atom. The summed E-state index contributed by atoms with van der Waals surface area (Å²) in [7, 11) is 3.42. The van der Waals surface area contributed by atoms with Gasteiger partial charge < -0.3 is 0 Å². The van der Waals surface area contributed by atoms with Crippen molar-refractivity contribution in [3.63, 3.8) is 0 Å². The minimum absolute atomic E-state index is 0.759. The highest BCUT2D eigenvalue weighted by Gasteiger charge is 1.81. The van der Waals surface area contributed by atoms with E-state index in [0.29, 0.717) is 0 Å². The zero-order valence-electron chi connectivity index (χ0n) is 48.0. The highest BCUT2D eigenvalue weighted by atomic mass is 15.7. The van der Waals surface area contributed by atoms with E-state index in [9.17, 15) is 0 Å². The standard InChI is InChI=1S/3C6H7N.5C5H6N2.2C4H5N3.C2H4N4.CH3N5/c1-6-2-4-7-5-3-6;1-6-3-2-4-7-5-6;1-6-4-2-3-5-7-6;1-5-2-6-4-7-3-5;1-5-2-3-6-4-7-5;1-5-2-3-6-7-4-5;1-5-6-3-2-4-7-5;1-5-3-2-4-6-7-5;1-4-6-2-5-3-7-4;1-4-2-5-7-6-3-4;1-6-2-3-4-5-6;1-6-4-2-3-5-6/h3*2-5H,1H3;5*2-4H,1H3;2*2-3H,1H3;2H,1H3;1H3. The topological polar surface area (TPSA) is 345 Å². The summed E-state index contributed by atoms with van der Waals surface area (Å²) in [6, 6.07) is 23.1. The normalized spacial score (nSPS) is 8.73. The lowest BCUT2D eigenvalue weighted by Gasteiger charge is -1.82. The molecular formula is C54H68N28. The van der Waals surface area contributed by atoms with Crippen LogP contribution in [0.15, 0.2) is 197 Å². The van der Waals surface area contributed by atoms with Crippen molar-refractivity contribution in [2.24, 2.45) is 14.1 Å². The number of nitrogens with zero attached hydrogens (tertiary/aromatic N) is 28. The molecule has 424 valence electrons. The SMILES string of the molecule is Cc1ccccn1.Cc1cccnc1.Cc1cccnn1.Cc1ccncc1.Cc1ccncn1.Cc1ccnnc1.Cc1cncnc1.Cc1cnnnc1.Cc1ncccn1.Cc1ncncn1.Cn1cnnn1.Cn1nnnn1. The summed E-state index contributed by atoms with van der Waals surface area (Å²) in [5.74, 6) is 1.58. The second-order valence-electron chi connectivity index (χ2n) is 15.7. The summed E-state index contributed by atoms with van der Waals surface area (Å²) < 4.78 is 1.53. The van der Waals surface area contributed by atoms with E-state index < -0.39 is 0 Å². The quantitative estimate of drug-likeness (QED) is 0.161. The number of hydrogen-bond donors (Lipinski definition) is 0. The van der Waals surface area contributed by atoms with Gasteiger partial charge in [0, 0.05) is 92.8 Å². The molecule has 28 nitrogen and oxygen atoms in total. The maximum Gasteiger partial charge on any atom is 0.137 e. The van der Waals surface area contributed by atoms with Crippen molar-refractivity contribution < 1.29 is 0 Å². The Bertz CT molecular complexity index is 2500. The molecule has 0 saturated carbocycles. The Hall–Kier alpha value is -11.1. The zero-order chi connectivity index (χ0) is 59.9. The molecule has 0 amide bonds. The first-order chi connectivity index (χ1) is 39.7. The van der Waals surface area contributed by atoms with Gasteiger partial charge in [-0.25, -0.2) is 49.5 Å². The highest BCUT2D eigenvalue weighted by Crippen LogP contribution is 1.91. The largest absolute Gasteiger partial charge is 0.265 e. The number of rotatable bonds is 0. The van der Waals surface area contributed by atoms with Crippen molar-refractivity contribution in [2.75, 3.05) is 0 Å². The van der Waals surface area contributed by atoms with Gasteiger partial charge in [-0.3, -0.25) is 15.0 Å². The van der Waals surface area contributed by atoms with Gasteiger partial charge in [0.25, 0.3) is 0 Å². The third-order valence-electron chi connectivity index (χ3n) is 8.10. The molecule has 0 atom stereocenters. The van der Waals surface area contributed by atoms with E-state index in [0.717, 1.165) is 45.4 Å². The molecule has 0 saturated heterocycles. The molecule has 82 heavy (non-hydrogen) atoms. The summed E-state index contributed by atoms with van der Waals surface area (Å²) in [6.07, 6.45) is 33.6. The maximum atomic E-state index is 3.98. The first kappa shape index (κ1) is 69.0. The first-order valence-corrected chi connectivity index (χ1v) is 24.4. The van der Waals surface area contributed by atoms with Crippen LogP contribution in [0.3, 0.4) is 0 Å². The van der Waals surface area contributed by atoms with Crippen LogP contribution >= 0.6 is 0 Å². The molecule has 12 aromatic heterocycles. The lowest BCUT2D eigenvalue weighted by atomic mass is 10.3. The minimum atomic E-state index is 0.759. The molecule has 0 unspecified atom stereocenters. The predicted octanol–water partition coefficient (Wildman–Crippen LogP) is 6.27. The fourth-order valence-corrected chi connectivity index (χ4v) is 4.13. The summed E-state index contributed by atoms with van der Waals surface area (Å²) in [6.45, 7) is 19.4. The van der Waals surface area contributed by atoms with Gasteiger partial charge in [0.2, 0.25) is 0 Å². The molecular weight excluding hydrogens is 1040 g/mol. The van der Waals surface area contributed by atoms with Crippen LogP contribution in [0.1, 0.15) is 56.5 Å². The molecule has 12 heterocycles. The average Bonchev–Trinajstić information content (AvgIpc) is 4.20. The molecule has 28 heteroatoms. The first-order valence-electron chi connectivity index (χ1n) is 24.4. The summed E-state index contributed by atoms with van der Waals surface area (Å²) in [5.41, 5.74) is 8.80. The van der Waals surface area contributed by atoms with Crippen molar-refractivity contribution in [1.82, 2.24) is 141 Å². The van der Waals surface area contributed by atoms with E-state index in [4.69, 9.17) is 0 Å². The second kappa shape index (κ2) is 48.3. The van der Waals surface area contributed by atoms with Crippen LogP contribution in [-0.4, -0.2) is 141 Å². The molecule has 0 fully saturated rings. The minimum Gasteiger partial charge on any atom is -0.265 e.